The van der Waals surface area contributed by atoms with Crippen LogP contribution in [0, 0.1) is 0 Å². The van der Waals surface area contributed by atoms with Crippen LogP contribution < -0.4 is 51.4 Å². The summed E-state index contributed by atoms with van der Waals surface area (Å²) in [6, 6.07) is 8.06. The van der Waals surface area contributed by atoms with Crippen LogP contribution in [0.5, 0.6) is 0 Å². The van der Waals surface area contributed by atoms with Crippen molar-refractivity contribution in [2.24, 2.45) is 0 Å². The normalized spacial score (nSPS) is 11.0. The van der Waals surface area contributed by atoms with Crippen LogP contribution in [-0.4, -0.2) is 25.5 Å². The van der Waals surface area contributed by atoms with E-state index in [2.05, 4.69) is 15.9 Å². The molecule has 0 bridgehead atoms. The molecule has 5 nitrogen and oxygen atoms in total. The van der Waals surface area contributed by atoms with Gasteiger partial charge in [-0.25, -0.2) is 8.42 Å². The first-order valence-electron chi connectivity index (χ1n) is 6.10. The molecule has 0 amide bonds. The van der Waals surface area contributed by atoms with Crippen LogP contribution in [0.3, 0.4) is 0 Å². The van der Waals surface area contributed by atoms with Crippen molar-refractivity contribution in [2.45, 2.75) is 18.2 Å². The molecule has 0 aliphatic heterocycles. The molecule has 0 heterocycles. The molecule has 0 atom stereocenters. The van der Waals surface area contributed by atoms with E-state index in [4.69, 9.17) is 4.74 Å². The largest absolute Gasteiger partial charge is 1.00 e. The summed E-state index contributed by atoms with van der Waals surface area (Å²) in [5.41, 5.74) is 0.601. The van der Waals surface area contributed by atoms with Gasteiger partial charge in [0.05, 0.1) is 11.5 Å². The van der Waals surface area contributed by atoms with Crippen molar-refractivity contribution < 1.29 is 73.9 Å². The molecule has 0 radical (unpaired) electrons. The van der Waals surface area contributed by atoms with E-state index < -0.39 is 16.1 Å². The zero-order valence-electron chi connectivity index (χ0n) is 12.1. The van der Waals surface area contributed by atoms with Crippen molar-refractivity contribution in [1.82, 2.24) is 0 Å². The van der Waals surface area contributed by atoms with Crippen molar-refractivity contribution >= 4 is 42.8 Å². The molecule has 0 saturated heterocycles. The minimum Gasteiger partial charge on any atom is -0.744 e. The molecule has 0 unspecified atom stereocenters. The molecule has 0 fully saturated rings. The third-order valence-electron chi connectivity index (χ3n) is 2.96. The number of benzene rings is 2. The zero-order chi connectivity index (χ0) is 15.6. The molecule has 0 spiro atoms. The summed E-state index contributed by atoms with van der Waals surface area (Å²) in [4.78, 5) is 10.5. The van der Waals surface area contributed by atoms with E-state index in [1.807, 2.05) is 0 Å². The van der Waals surface area contributed by atoms with Gasteiger partial charge in [0.25, 0.3) is 0 Å². The van der Waals surface area contributed by atoms with Crippen molar-refractivity contribution in [3.8, 4) is 0 Å². The summed E-state index contributed by atoms with van der Waals surface area (Å²) >= 11 is 3.41. The summed E-state index contributed by atoms with van der Waals surface area (Å²) < 4.78 is 39.9. The maximum Gasteiger partial charge on any atom is 1.00 e. The molecule has 0 saturated carbocycles. The fourth-order valence-electron chi connectivity index (χ4n) is 2.06. The molecule has 0 N–H and O–H groups in total. The van der Waals surface area contributed by atoms with E-state index in [1.54, 1.807) is 24.3 Å². The van der Waals surface area contributed by atoms with Gasteiger partial charge >= 0.3 is 57.4 Å². The Kier molecular flexibility index (Phi) is 7.67. The Morgan fingerprint density at radius 1 is 1.27 bits per heavy atom. The number of fused-ring (bicyclic) bond motifs is 1. The first-order valence-corrected chi connectivity index (χ1v) is 8.30. The van der Waals surface area contributed by atoms with Crippen LogP contribution in [0.15, 0.2) is 39.7 Å². The van der Waals surface area contributed by atoms with E-state index >= 15 is 0 Å². The van der Waals surface area contributed by atoms with Crippen molar-refractivity contribution in [3.63, 3.8) is 0 Å². The average molecular weight is 411 g/mol. The number of esters is 1. The number of hydrogen-bond donors (Lipinski definition) is 0. The number of carbonyl (C=O) groups is 1. The van der Waals surface area contributed by atoms with Crippen molar-refractivity contribution in [1.29, 1.82) is 0 Å². The second kappa shape index (κ2) is 8.34. The van der Waals surface area contributed by atoms with Gasteiger partial charge in [0.1, 0.15) is 10.1 Å². The number of halogens is 1. The fourth-order valence-corrected chi connectivity index (χ4v) is 3.45. The van der Waals surface area contributed by atoms with Gasteiger partial charge in [-0.15, -0.1) is 0 Å². The SMILES string of the molecule is CC(=O)OCCc1cc(S(=O)(=O)[O-])c2ccccc2c1Br.[K+]. The summed E-state index contributed by atoms with van der Waals surface area (Å²) in [6.45, 7) is 1.41. The molecular formula is C14H12BrKO5S. The first kappa shape index (κ1) is 20.2. The van der Waals surface area contributed by atoms with Gasteiger partial charge in [0.15, 0.2) is 0 Å². The van der Waals surface area contributed by atoms with E-state index in [0.717, 1.165) is 0 Å². The van der Waals surface area contributed by atoms with Gasteiger partial charge in [-0.05, 0) is 32.9 Å². The minimum atomic E-state index is -4.59. The second-order valence-electron chi connectivity index (χ2n) is 4.44. The minimum absolute atomic E-state index is 0. The predicted molar refractivity (Wildman–Crippen MR) is 79.9 cm³/mol. The van der Waals surface area contributed by atoms with Crippen molar-refractivity contribution in [2.75, 3.05) is 6.61 Å². The van der Waals surface area contributed by atoms with E-state index in [1.165, 1.54) is 13.0 Å². The Morgan fingerprint density at radius 3 is 2.41 bits per heavy atom. The van der Waals surface area contributed by atoms with Crippen LogP contribution in [0.1, 0.15) is 12.5 Å². The molecule has 0 aromatic heterocycles. The Hall–Kier alpha value is 0.196. The molecule has 0 aliphatic rings. The molecule has 2 aromatic carbocycles. The van der Waals surface area contributed by atoms with Gasteiger partial charge in [-0.3, -0.25) is 4.79 Å². The molecule has 22 heavy (non-hydrogen) atoms. The number of carbonyl (C=O) groups excluding carboxylic acids is 1. The van der Waals surface area contributed by atoms with Crippen LogP contribution in [-0.2, 0) is 26.1 Å². The van der Waals surface area contributed by atoms with Gasteiger partial charge in [0.2, 0.25) is 0 Å². The standard InChI is InChI=1S/C14H13BrO5S.K/c1-9(16)20-7-6-10-8-13(21(17,18)19)11-4-2-3-5-12(11)14(10)15;/h2-5,8H,6-7H2,1H3,(H,17,18,19);/q;+1/p-1. The smallest absolute Gasteiger partial charge is 0.744 e. The number of rotatable bonds is 4. The topological polar surface area (TPSA) is 83.5 Å². The van der Waals surface area contributed by atoms with Gasteiger partial charge in [-0.1, -0.05) is 24.3 Å². The van der Waals surface area contributed by atoms with Crippen LogP contribution in [0.25, 0.3) is 10.8 Å². The zero-order valence-corrected chi connectivity index (χ0v) is 17.7. The average Bonchev–Trinajstić information content (AvgIpc) is 2.40. The summed E-state index contributed by atoms with van der Waals surface area (Å²) in [7, 11) is -4.59. The predicted octanol–water partition coefficient (Wildman–Crippen LogP) is -0.384. The van der Waals surface area contributed by atoms with E-state index in [0.29, 0.717) is 27.2 Å². The quantitative estimate of drug-likeness (QED) is 0.389. The molecule has 112 valence electrons. The van der Waals surface area contributed by atoms with Crippen LogP contribution in [0.4, 0.5) is 0 Å². The van der Waals surface area contributed by atoms with Crippen LogP contribution >= 0.6 is 15.9 Å². The number of ether oxygens (including phenoxy) is 1. The first-order chi connectivity index (χ1) is 9.80. The Bertz CT molecular complexity index is 804. The third kappa shape index (κ3) is 4.84. The third-order valence-corrected chi connectivity index (χ3v) is 4.78. The van der Waals surface area contributed by atoms with Crippen LogP contribution in [0.2, 0.25) is 0 Å². The summed E-state index contributed by atoms with van der Waals surface area (Å²) in [5.74, 6) is -0.413. The van der Waals surface area contributed by atoms with E-state index in [-0.39, 0.29) is 62.9 Å². The summed E-state index contributed by atoms with van der Waals surface area (Å²) in [5, 5.41) is 1.00. The summed E-state index contributed by atoms with van der Waals surface area (Å²) in [6.07, 6.45) is 0.313. The monoisotopic (exact) mass is 410 g/mol. The number of hydrogen-bond acceptors (Lipinski definition) is 5. The fraction of sp³-hybridized carbons (Fsp3) is 0.214. The molecule has 2 aromatic rings. The Labute approximate surface area is 179 Å². The Morgan fingerprint density at radius 2 is 1.86 bits per heavy atom. The molecule has 2 rings (SSSR count). The van der Waals surface area contributed by atoms with Gasteiger partial charge in [-0.2, -0.15) is 0 Å². The van der Waals surface area contributed by atoms with Gasteiger partial charge < -0.3 is 9.29 Å². The maximum absolute atomic E-state index is 11.4. The second-order valence-corrected chi connectivity index (χ2v) is 6.58. The molecule has 0 aliphatic carbocycles. The Balaban J connectivity index is 0.00000242. The van der Waals surface area contributed by atoms with E-state index in [9.17, 15) is 17.8 Å². The maximum atomic E-state index is 11.4. The van der Waals surface area contributed by atoms with Gasteiger partial charge in [0, 0.05) is 23.2 Å². The molecular weight excluding hydrogens is 399 g/mol. The molecule has 8 heteroatoms. The van der Waals surface area contributed by atoms with Crippen molar-refractivity contribution in [3.05, 3.63) is 40.4 Å².